The van der Waals surface area contributed by atoms with Crippen molar-refractivity contribution in [3.63, 3.8) is 0 Å². The van der Waals surface area contributed by atoms with E-state index in [1.54, 1.807) is 4.31 Å². The van der Waals surface area contributed by atoms with E-state index >= 15 is 0 Å². The lowest BCUT2D eigenvalue weighted by Crippen LogP contribution is -2.47. The second-order valence-electron chi connectivity index (χ2n) is 7.86. The molecule has 1 aromatic heterocycles. The topological polar surface area (TPSA) is 64.4 Å². The van der Waals surface area contributed by atoms with Gasteiger partial charge >= 0.3 is 0 Å². The van der Waals surface area contributed by atoms with Gasteiger partial charge in [-0.1, -0.05) is 13.8 Å². The average molecular weight is 356 g/mol. The van der Waals surface area contributed by atoms with E-state index in [0.717, 1.165) is 31.2 Å². The summed E-state index contributed by atoms with van der Waals surface area (Å²) in [5.41, 5.74) is 1.07. The molecule has 1 aromatic rings. The molecule has 0 saturated carbocycles. The highest BCUT2D eigenvalue weighted by molar-refractivity contribution is 7.89. The van der Waals surface area contributed by atoms with E-state index in [-0.39, 0.29) is 17.3 Å². The minimum absolute atomic E-state index is 0.0732. The van der Waals surface area contributed by atoms with Gasteiger partial charge in [-0.15, -0.1) is 0 Å². The zero-order chi connectivity index (χ0) is 17.4. The quantitative estimate of drug-likeness (QED) is 0.832. The first-order valence-electron chi connectivity index (χ1n) is 8.88. The second kappa shape index (κ2) is 6.77. The Morgan fingerprint density at radius 1 is 1.33 bits per heavy atom. The molecular weight excluding hydrogens is 326 g/mol. The first kappa shape index (κ1) is 17.9. The van der Waals surface area contributed by atoms with Gasteiger partial charge in [0.1, 0.15) is 0 Å². The highest BCUT2D eigenvalue weighted by atomic mass is 32.2. The van der Waals surface area contributed by atoms with Crippen LogP contribution in [0.3, 0.4) is 0 Å². The molecule has 1 atom stereocenters. The molecule has 2 aliphatic heterocycles. The normalized spacial score (nSPS) is 26.5. The van der Waals surface area contributed by atoms with Gasteiger partial charge in [0, 0.05) is 25.9 Å². The van der Waals surface area contributed by atoms with E-state index in [1.807, 2.05) is 24.0 Å². The lowest BCUT2D eigenvalue weighted by atomic mass is 9.81. The third kappa shape index (κ3) is 3.83. The first-order chi connectivity index (χ1) is 11.3. The number of nitrogens with zero attached hydrogens (tertiary/aromatic N) is 3. The highest BCUT2D eigenvalue weighted by Gasteiger charge is 2.39. The van der Waals surface area contributed by atoms with Crippen molar-refractivity contribution in [2.45, 2.75) is 58.6 Å². The van der Waals surface area contributed by atoms with Crippen LogP contribution in [0, 0.1) is 12.3 Å². The molecule has 136 valence electrons. The van der Waals surface area contributed by atoms with Gasteiger partial charge in [-0.25, -0.2) is 12.7 Å². The van der Waals surface area contributed by atoms with Gasteiger partial charge in [0.05, 0.1) is 24.1 Å². The number of ether oxygens (including phenoxy) is 1. The van der Waals surface area contributed by atoms with Gasteiger partial charge in [0.2, 0.25) is 10.0 Å². The summed E-state index contributed by atoms with van der Waals surface area (Å²) in [7, 11) is -3.28. The standard InChI is InChI=1S/C17H29N3O3S/c1-14-11-18-20(12-14)15-5-8-19(9-6-15)24(21,22)13-16-17(2,3)7-4-10-23-16/h11-12,15-16H,4-10,13H2,1-3H3. The summed E-state index contributed by atoms with van der Waals surface area (Å²) in [6.45, 7) is 8.05. The molecule has 0 bridgehead atoms. The molecule has 2 fully saturated rings. The van der Waals surface area contributed by atoms with E-state index in [2.05, 4.69) is 18.9 Å². The summed E-state index contributed by atoms with van der Waals surface area (Å²) in [6.07, 6.45) is 7.35. The van der Waals surface area contributed by atoms with Crippen LogP contribution in [0.5, 0.6) is 0 Å². The molecule has 24 heavy (non-hydrogen) atoms. The molecule has 0 N–H and O–H groups in total. The van der Waals surface area contributed by atoms with Gasteiger partial charge in [-0.2, -0.15) is 5.10 Å². The predicted octanol–water partition coefficient (Wildman–Crippen LogP) is 2.36. The lowest BCUT2D eigenvalue weighted by Gasteiger charge is -2.40. The molecule has 0 aliphatic carbocycles. The third-order valence-electron chi connectivity index (χ3n) is 5.44. The van der Waals surface area contributed by atoms with Crippen molar-refractivity contribution in [3.8, 4) is 0 Å². The van der Waals surface area contributed by atoms with Crippen LogP contribution in [-0.2, 0) is 14.8 Å². The number of sulfonamides is 1. The lowest BCUT2D eigenvalue weighted by molar-refractivity contribution is -0.0541. The van der Waals surface area contributed by atoms with Crippen molar-refractivity contribution >= 4 is 10.0 Å². The maximum atomic E-state index is 12.8. The predicted molar refractivity (Wildman–Crippen MR) is 93.3 cm³/mol. The zero-order valence-electron chi connectivity index (χ0n) is 14.9. The molecule has 0 spiro atoms. The highest BCUT2D eigenvalue weighted by Crippen LogP contribution is 2.35. The smallest absolute Gasteiger partial charge is 0.216 e. The Bertz CT molecular complexity index is 660. The molecule has 0 aromatic carbocycles. The number of rotatable bonds is 4. The van der Waals surface area contributed by atoms with Crippen molar-refractivity contribution in [2.24, 2.45) is 5.41 Å². The van der Waals surface area contributed by atoms with Crippen molar-refractivity contribution in [1.29, 1.82) is 0 Å². The van der Waals surface area contributed by atoms with Crippen LogP contribution in [-0.4, -0.2) is 54.1 Å². The Labute approximate surface area is 145 Å². The fourth-order valence-corrected chi connectivity index (χ4v) is 5.64. The van der Waals surface area contributed by atoms with E-state index < -0.39 is 10.0 Å². The molecule has 1 unspecified atom stereocenters. The number of hydrogen-bond donors (Lipinski definition) is 0. The molecule has 3 rings (SSSR count). The van der Waals surface area contributed by atoms with Gasteiger partial charge in [0.25, 0.3) is 0 Å². The van der Waals surface area contributed by atoms with Crippen molar-refractivity contribution in [1.82, 2.24) is 14.1 Å². The van der Waals surface area contributed by atoms with Gasteiger partial charge in [0.15, 0.2) is 0 Å². The Hall–Kier alpha value is -0.920. The van der Waals surface area contributed by atoms with Crippen LogP contribution in [0.15, 0.2) is 12.4 Å². The van der Waals surface area contributed by atoms with E-state index in [4.69, 9.17) is 4.74 Å². The van der Waals surface area contributed by atoms with Crippen LogP contribution in [0.1, 0.15) is 51.1 Å². The molecule has 2 aliphatic rings. The largest absolute Gasteiger partial charge is 0.377 e. The van der Waals surface area contributed by atoms with Crippen LogP contribution in [0.2, 0.25) is 0 Å². The fourth-order valence-electron chi connectivity index (χ4n) is 3.73. The van der Waals surface area contributed by atoms with Crippen LogP contribution in [0.25, 0.3) is 0 Å². The summed E-state index contributed by atoms with van der Waals surface area (Å²) in [6, 6.07) is 0.299. The summed E-state index contributed by atoms with van der Waals surface area (Å²) in [4.78, 5) is 0. The van der Waals surface area contributed by atoms with E-state index in [9.17, 15) is 8.42 Å². The molecular formula is C17H29N3O3S. The number of aryl methyl sites for hydroxylation is 1. The number of piperidine rings is 1. The third-order valence-corrected chi connectivity index (χ3v) is 7.32. The van der Waals surface area contributed by atoms with Crippen LogP contribution < -0.4 is 0 Å². The summed E-state index contributed by atoms with van der Waals surface area (Å²) < 4.78 is 35.0. The van der Waals surface area contributed by atoms with Crippen molar-refractivity contribution < 1.29 is 13.2 Å². The number of aromatic nitrogens is 2. The monoisotopic (exact) mass is 355 g/mol. The minimum Gasteiger partial charge on any atom is -0.377 e. The average Bonchev–Trinajstić information content (AvgIpc) is 2.96. The van der Waals surface area contributed by atoms with E-state index in [1.165, 1.54) is 0 Å². The molecule has 0 amide bonds. The van der Waals surface area contributed by atoms with Crippen LogP contribution >= 0.6 is 0 Å². The Morgan fingerprint density at radius 2 is 2.04 bits per heavy atom. The Kier molecular flexibility index (Phi) is 5.04. The van der Waals surface area contributed by atoms with Gasteiger partial charge in [-0.3, -0.25) is 4.68 Å². The zero-order valence-corrected chi connectivity index (χ0v) is 15.8. The van der Waals surface area contributed by atoms with Crippen molar-refractivity contribution in [2.75, 3.05) is 25.4 Å². The van der Waals surface area contributed by atoms with Gasteiger partial charge < -0.3 is 4.74 Å². The molecule has 2 saturated heterocycles. The SMILES string of the molecule is Cc1cnn(C2CCN(S(=O)(=O)CC3OCCCC3(C)C)CC2)c1. The molecule has 3 heterocycles. The maximum Gasteiger partial charge on any atom is 0.216 e. The van der Waals surface area contributed by atoms with E-state index in [0.29, 0.717) is 25.7 Å². The Morgan fingerprint density at radius 3 is 2.62 bits per heavy atom. The maximum absolute atomic E-state index is 12.8. The summed E-state index contributed by atoms with van der Waals surface area (Å²) >= 11 is 0. The second-order valence-corrected chi connectivity index (χ2v) is 9.87. The van der Waals surface area contributed by atoms with Gasteiger partial charge in [-0.05, 0) is 43.6 Å². The fraction of sp³-hybridized carbons (Fsp3) is 0.824. The Balaban J connectivity index is 1.60. The van der Waals surface area contributed by atoms with Crippen molar-refractivity contribution in [3.05, 3.63) is 18.0 Å². The molecule has 0 radical (unpaired) electrons. The summed E-state index contributed by atoms with van der Waals surface area (Å²) in [5.74, 6) is 0.103. The van der Waals surface area contributed by atoms with Crippen LogP contribution in [0.4, 0.5) is 0 Å². The first-order valence-corrected chi connectivity index (χ1v) is 10.5. The molecule has 7 heteroatoms. The number of hydrogen-bond acceptors (Lipinski definition) is 4. The summed E-state index contributed by atoms with van der Waals surface area (Å²) in [5, 5.41) is 4.37. The molecule has 6 nitrogen and oxygen atoms in total. The minimum atomic E-state index is -3.28.